The summed E-state index contributed by atoms with van der Waals surface area (Å²) in [4.78, 5) is 19.3. The Bertz CT molecular complexity index is 725. The molecule has 2 aromatic rings. The number of benzene rings is 1. The van der Waals surface area contributed by atoms with Gasteiger partial charge < -0.3 is 4.98 Å². The lowest BCUT2D eigenvalue weighted by Crippen LogP contribution is -2.20. The van der Waals surface area contributed by atoms with Gasteiger partial charge >= 0.3 is 0 Å². The molecule has 1 N–H and O–H groups in total. The van der Waals surface area contributed by atoms with Gasteiger partial charge in [-0.25, -0.2) is 13.8 Å². The Morgan fingerprint density at radius 1 is 1.14 bits per heavy atom. The number of H-pyrrole nitrogens is 1. The summed E-state index contributed by atoms with van der Waals surface area (Å²) in [5.74, 6) is -0.793. The van der Waals surface area contributed by atoms with Crippen molar-refractivity contribution in [2.75, 3.05) is 0 Å². The largest absolute Gasteiger partial charge is 0.310 e. The molecule has 1 aromatic heterocycles. The van der Waals surface area contributed by atoms with Gasteiger partial charge in [-0.05, 0) is 37.3 Å². The number of fused-ring (bicyclic) bond motifs is 1. The smallest absolute Gasteiger partial charge is 0.254 e. The maximum atomic E-state index is 13.7. The highest BCUT2D eigenvalue weighted by Gasteiger charge is 2.15. The molecule has 0 aliphatic heterocycles. The fourth-order valence-corrected chi connectivity index (χ4v) is 2.76. The summed E-state index contributed by atoms with van der Waals surface area (Å²) in [6, 6.07) is 3.44. The molecule has 0 bridgehead atoms. The van der Waals surface area contributed by atoms with E-state index in [0.29, 0.717) is 11.4 Å². The molecule has 0 fully saturated rings. The molecule has 110 valence electrons. The number of aromatic nitrogens is 2. The van der Waals surface area contributed by atoms with Crippen LogP contribution in [0.15, 0.2) is 23.0 Å². The molecule has 5 heteroatoms. The van der Waals surface area contributed by atoms with Crippen LogP contribution in [-0.4, -0.2) is 9.97 Å². The van der Waals surface area contributed by atoms with Gasteiger partial charge in [-0.15, -0.1) is 0 Å². The van der Waals surface area contributed by atoms with E-state index in [1.807, 2.05) is 0 Å². The summed E-state index contributed by atoms with van der Waals surface area (Å²) in [6.45, 7) is 0. The topological polar surface area (TPSA) is 45.8 Å². The Kier molecular flexibility index (Phi) is 3.82. The van der Waals surface area contributed by atoms with Crippen LogP contribution in [0, 0.1) is 11.6 Å². The summed E-state index contributed by atoms with van der Waals surface area (Å²) in [5, 5.41) is 0. The van der Waals surface area contributed by atoms with E-state index in [1.165, 1.54) is 12.1 Å². The molecule has 0 unspecified atom stereocenters. The third kappa shape index (κ3) is 3.01. The molecule has 0 spiro atoms. The Balaban J connectivity index is 1.94. The fraction of sp³-hybridized carbons (Fsp3) is 0.375. The lowest BCUT2D eigenvalue weighted by Gasteiger charge is -2.08. The van der Waals surface area contributed by atoms with Crippen molar-refractivity contribution in [1.29, 1.82) is 0 Å². The lowest BCUT2D eigenvalue weighted by molar-refractivity contribution is 0.573. The molecular formula is C16H16F2N2O. The van der Waals surface area contributed by atoms with E-state index in [-0.39, 0.29) is 12.0 Å². The second-order valence-electron chi connectivity index (χ2n) is 5.41. The second kappa shape index (κ2) is 5.76. The van der Waals surface area contributed by atoms with Crippen molar-refractivity contribution in [2.24, 2.45) is 0 Å². The number of hydrogen-bond acceptors (Lipinski definition) is 2. The molecule has 0 amide bonds. The van der Waals surface area contributed by atoms with Gasteiger partial charge in [0.25, 0.3) is 5.56 Å². The zero-order chi connectivity index (χ0) is 14.8. The highest BCUT2D eigenvalue weighted by Crippen LogP contribution is 2.17. The molecule has 1 aliphatic rings. The van der Waals surface area contributed by atoms with Gasteiger partial charge in [0.2, 0.25) is 0 Å². The van der Waals surface area contributed by atoms with Gasteiger partial charge in [-0.3, -0.25) is 4.79 Å². The lowest BCUT2D eigenvalue weighted by atomic mass is 10.1. The number of halogens is 2. The van der Waals surface area contributed by atoms with Gasteiger partial charge in [0.1, 0.15) is 17.5 Å². The first-order valence-corrected chi connectivity index (χ1v) is 7.18. The van der Waals surface area contributed by atoms with Crippen molar-refractivity contribution in [2.45, 2.75) is 38.5 Å². The second-order valence-corrected chi connectivity index (χ2v) is 5.41. The minimum atomic E-state index is -0.618. The molecule has 0 saturated carbocycles. The van der Waals surface area contributed by atoms with E-state index in [1.54, 1.807) is 0 Å². The summed E-state index contributed by atoms with van der Waals surface area (Å²) < 4.78 is 26.6. The zero-order valence-corrected chi connectivity index (χ0v) is 11.6. The standard InChI is InChI=1S/C16H16F2N2O/c17-11-7-6-10(13(18)9-11)8-15-19-14-5-3-1-2-4-12(14)16(21)20-15/h6-7,9H,1-5,8H2,(H,19,20,21). The monoisotopic (exact) mass is 290 g/mol. The maximum Gasteiger partial charge on any atom is 0.254 e. The highest BCUT2D eigenvalue weighted by atomic mass is 19.1. The Hall–Kier alpha value is -2.04. The number of hydrogen-bond donors (Lipinski definition) is 1. The van der Waals surface area contributed by atoms with Crippen LogP contribution in [0.25, 0.3) is 0 Å². The van der Waals surface area contributed by atoms with Crippen LogP contribution < -0.4 is 5.56 Å². The third-order valence-corrected chi connectivity index (χ3v) is 3.86. The first-order valence-electron chi connectivity index (χ1n) is 7.18. The van der Waals surface area contributed by atoms with Crippen LogP contribution in [0.3, 0.4) is 0 Å². The molecule has 0 radical (unpaired) electrons. The average Bonchev–Trinajstić information content (AvgIpc) is 2.68. The van der Waals surface area contributed by atoms with E-state index in [4.69, 9.17) is 0 Å². The summed E-state index contributed by atoms with van der Waals surface area (Å²) in [5.41, 5.74) is 1.79. The highest BCUT2D eigenvalue weighted by molar-refractivity contribution is 5.25. The minimum Gasteiger partial charge on any atom is -0.310 e. The van der Waals surface area contributed by atoms with Crippen LogP contribution in [0.1, 0.15) is 41.9 Å². The van der Waals surface area contributed by atoms with Gasteiger partial charge in [0.05, 0.1) is 5.69 Å². The van der Waals surface area contributed by atoms with Crippen LogP contribution in [0.5, 0.6) is 0 Å². The Morgan fingerprint density at radius 3 is 2.76 bits per heavy atom. The SMILES string of the molecule is O=c1[nH]c(Cc2ccc(F)cc2F)nc2c1CCCCC2. The van der Waals surface area contributed by atoms with Crippen molar-refractivity contribution < 1.29 is 8.78 Å². The Labute approximate surface area is 121 Å². The van der Waals surface area contributed by atoms with Gasteiger partial charge in [0, 0.05) is 18.1 Å². The average molecular weight is 290 g/mol. The molecular weight excluding hydrogens is 274 g/mol. The predicted octanol–water partition coefficient (Wildman–Crippen LogP) is 2.91. The van der Waals surface area contributed by atoms with E-state index >= 15 is 0 Å². The van der Waals surface area contributed by atoms with E-state index < -0.39 is 11.6 Å². The number of rotatable bonds is 2. The van der Waals surface area contributed by atoms with Crippen molar-refractivity contribution in [3.05, 3.63) is 62.8 Å². The zero-order valence-electron chi connectivity index (χ0n) is 11.6. The van der Waals surface area contributed by atoms with E-state index in [9.17, 15) is 13.6 Å². The fourth-order valence-electron chi connectivity index (χ4n) is 2.76. The molecule has 3 nitrogen and oxygen atoms in total. The molecule has 0 saturated heterocycles. The number of aromatic amines is 1. The molecule has 3 rings (SSSR count). The first kappa shape index (κ1) is 13.9. The van der Waals surface area contributed by atoms with Gasteiger partial charge in [0.15, 0.2) is 0 Å². The van der Waals surface area contributed by atoms with Crippen molar-refractivity contribution in [3.8, 4) is 0 Å². The van der Waals surface area contributed by atoms with Crippen LogP contribution in [0.4, 0.5) is 8.78 Å². The molecule has 1 aliphatic carbocycles. The minimum absolute atomic E-state index is 0.126. The van der Waals surface area contributed by atoms with E-state index in [0.717, 1.165) is 49.4 Å². The number of nitrogens with zero attached hydrogens (tertiary/aromatic N) is 1. The summed E-state index contributed by atoms with van der Waals surface area (Å²) in [7, 11) is 0. The van der Waals surface area contributed by atoms with Crippen molar-refractivity contribution in [3.63, 3.8) is 0 Å². The molecule has 1 aromatic carbocycles. The normalized spacial score (nSPS) is 14.6. The first-order chi connectivity index (χ1) is 10.1. The van der Waals surface area contributed by atoms with Crippen LogP contribution in [0.2, 0.25) is 0 Å². The summed E-state index contributed by atoms with van der Waals surface area (Å²) in [6.07, 6.45) is 4.82. The van der Waals surface area contributed by atoms with Crippen LogP contribution in [-0.2, 0) is 19.3 Å². The van der Waals surface area contributed by atoms with Gasteiger partial charge in [-0.1, -0.05) is 12.5 Å². The molecule has 1 heterocycles. The Morgan fingerprint density at radius 2 is 1.95 bits per heavy atom. The number of aryl methyl sites for hydroxylation is 1. The van der Waals surface area contributed by atoms with Crippen molar-refractivity contribution in [1.82, 2.24) is 9.97 Å². The van der Waals surface area contributed by atoms with Gasteiger partial charge in [-0.2, -0.15) is 0 Å². The van der Waals surface area contributed by atoms with Crippen LogP contribution >= 0.6 is 0 Å². The maximum absolute atomic E-state index is 13.7. The van der Waals surface area contributed by atoms with E-state index in [2.05, 4.69) is 9.97 Å². The quantitative estimate of drug-likeness (QED) is 0.864. The molecule has 0 atom stereocenters. The predicted molar refractivity (Wildman–Crippen MR) is 75.3 cm³/mol. The van der Waals surface area contributed by atoms with Crippen molar-refractivity contribution >= 4 is 0 Å². The number of nitrogens with one attached hydrogen (secondary N) is 1. The third-order valence-electron chi connectivity index (χ3n) is 3.86. The summed E-state index contributed by atoms with van der Waals surface area (Å²) >= 11 is 0. The molecule has 21 heavy (non-hydrogen) atoms.